The SMILES string of the molecule is CCOc1ccc(N(c2ccccc2)c2ccc3c(c2)C(C)(C)c2ccccc2-3)cc1. The summed E-state index contributed by atoms with van der Waals surface area (Å²) in [5.41, 5.74) is 8.85. The Labute approximate surface area is 184 Å². The first-order valence-electron chi connectivity index (χ1n) is 10.9. The Hall–Kier alpha value is -3.52. The molecule has 4 aromatic rings. The highest BCUT2D eigenvalue weighted by molar-refractivity contribution is 5.85. The number of fused-ring (bicyclic) bond motifs is 3. The maximum Gasteiger partial charge on any atom is 0.119 e. The van der Waals surface area contributed by atoms with Crippen LogP contribution in [-0.2, 0) is 5.41 Å². The minimum atomic E-state index is -0.0247. The third-order valence-electron chi connectivity index (χ3n) is 6.25. The first kappa shape index (κ1) is 19.4. The Morgan fingerprint density at radius 2 is 1.26 bits per heavy atom. The van der Waals surface area contributed by atoms with Crippen LogP contribution in [0, 0.1) is 0 Å². The van der Waals surface area contributed by atoms with Gasteiger partial charge < -0.3 is 9.64 Å². The van der Waals surface area contributed by atoms with E-state index in [2.05, 4.69) is 104 Å². The lowest BCUT2D eigenvalue weighted by atomic mass is 9.82. The van der Waals surface area contributed by atoms with Crippen molar-refractivity contribution in [2.45, 2.75) is 26.2 Å². The van der Waals surface area contributed by atoms with Crippen LogP contribution >= 0.6 is 0 Å². The molecule has 2 heteroatoms. The Kier molecular flexibility index (Phi) is 4.78. The second-order valence-electron chi connectivity index (χ2n) is 8.50. The average Bonchev–Trinajstić information content (AvgIpc) is 3.03. The van der Waals surface area contributed by atoms with Crippen molar-refractivity contribution in [3.63, 3.8) is 0 Å². The summed E-state index contributed by atoms with van der Waals surface area (Å²) in [5, 5.41) is 0. The zero-order valence-electron chi connectivity index (χ0n) is 18.3. The Morgan fingerprint density at radius 1 is 0.645 bits per heavy atom. The molecule has 31 heavy (non-hydrogen) atoms. The van der Waals surface area contributed by atoms with E-state index in [0.29, 0.717) is 6.61 Å². The molecular formula is C29H27NO. The van der Waals surface area contributed by atoms with Crippen LogP contribution in [0.2, 0.25) is 0 Å². The third kappa shape index (κ3) is 3.29. The van der Waals surface area contributed by atoms with Crippen LogP contribution in [0.1, 0.15) is 31.9 Å². The molecule has 4 aromatic carbocycles. The molecule has 0 aliphatic heterocycles. The highest BCUT2D eigenvalue weighted by Gasteiger charge is 2.35. The lowest BCUT2D eigenvalue weighted by Crippen LogP contribution is -2.16. The molecule has 1 aliphatic rings. The third-order valence-corrected chi connectivity index (χ3v) is 6.25. The monoisotopic (exact) mass is 405 g/mol. The molecule has 0 saturated heterocycles. The molecule has 0 heterocycles. The van der Waals surface area contributed by atoms with E-state index in [1.807, 2.05) is 19.1 Å². The summed E-state index contributed by atoms with van der Waals surface area (Å²) >= 11 is 0. The molecule has 0 saturated carbocycles. The Bertz CT molecular complexity index is 1210. The van der Waals surface area contributed by atoms with Crippen molar-refractivity contribution in [3.05, 3.63) is 108 Å². The maximum absolute atomic E-state index is 5.66. The van der Waals surface area contributed by atoms with E-state index < -0.39 is 0 Å². The number of anilines is 3. The fraction of sp³-hybridized carbons (Fsp3) is 0.172. The van der Waals surface area contributed by atoms with Crippen molar-refractivity contribution in [2.24, 2.45) is 0 Å². The zero-order chi connectivity index (χ0) is 21.4. The molecule has 154 valence electrons. The molecule has 0 amide bonds. The Balaban J connectivity index is 1.64. The van der Waals surface area contributed by atoms with Crippen molar-refractivity contribution in [1.29, 1.82) is 0 Å². The van der Waals surface area contributed by atoms with Crippen molar-refractivity contribution in [3.8, 4) is 16.9 Å². The minimum absolute atomic E-state index is 0.0247. The summed E-state index contributed by atoms with van der Waals surface area (Å²) in [6.45, 7) is 7.33. The number of nitrogens with zero attached hydrogens (tertiary/aromatic N) is 1. The highest BCUT2D eigenvalue weighted by Crippen LogP contribution is 2.50. The fourth-order valence-corrected chi connectivity index (χ4v) is 4.71. The van der Waals surface area contributed by atoms with Crippen molar-refractivity contribution in [1.82, 2.24) is 0 Å². The highest BCUT2D eigenvalue weighted by atomic mass is 16.5. The van der Waals surface area contributed by atoms with Gasteiger partial charge in [0, 0.05) is 22.5 Å². The van der Waals surface area contributed by atoms with Gasteiger partial charge in [-0.1, -0.05) is 62.4 Å². The van der Waals surface area contributed by atoms with Crippen LogP contribution in [0.3, 0.4) is 0 Å². The van der Waals surface area contributed by atoms with Gasteiger partial charge >= 0.3 is 0 Å². The average molecular weight is 406 g/mol. The normalized spacial score (nSPS) is 13.4. The Morgan fingerprint density at radius 3 is 2.00 bits per heavy atom. The van der Waals surface area contributed by atoms with Crippen LogP contribution in [0.25, 0.3) is 11.1 Å². The van der Waals surface area contributed by atoms with Gasteiger partial charge in [-0.3, -0.25) is 0 Å². The molecule has 0 spiro atoms. The fourth-order valence-electron chi connectivity index (χ4n) is 4.71. The molecule has 0 bridgehead atoms. The molecule has 0 unspecified atom stereocenters. The van der Waals surface area contributed by atoms with E-state index in [4.69, 9.17) is 4.74 Å². The number of rotatable bonds is 5. The topological polar surface area (TPSA) is 12.5 Å². The van der Waals surface area contributed by atoms with Crippen LogP contribution in [0.4, 0.5) is 17.1 Å². The smallest absolute Gasteiger partial charge is 0.119 e. The van der Waals surface area contributed by atoms with Gasteiger partial charge in [-0.15, -0.1) is 0 Å². The number of benzene rings is 4. The van der Waals surface area contributed by atoms with Gasteiger partial charge in [0.1, 0.15) is 5.75 Å². The molecule has 5 rings (SSSR count). The summed E-state index contributed by atoms with van der Waals surface area (Å²) in [6, 6.07) is 34.5. The quantitative estimate of drug-likeness (QED) is 0.335. The first-order valence-corrected chi connectivity index (χ1v) is 10.9. The van der Waals surface area contributed by atoms with Crippen molar-refractivity contribution < 1.29 is 4.74 Å². The van der Waals surface area contributed by atoms with Crippen molar-refractivity contribution in [2.75, 3.05) is 11.5 Å². The first-order chi connectivity index (χ1) is 15.1. The largest absolute Gasteiger partial charge is 0.494 e. The zero-order valence-corrected chi connectivity index (χ0v) is 18.3. The van der Waals surface area contributed by atoms with E-state index in [9.17, 15) is 0 Å². The molecule has 0 radical (unpaired) electrons. The van der Waals surface area contributed by atoms with Gasteiger partial charge in [-0.2, -0.15) is 0 Å². The molecule has 0 N–H and O–H groups in total. The van der Waals surface area contributed by atoms with Gasteiger partial charge in [0.2, 0.25) is 0 Å². The van der Waals surface area contributed by atoms with Gasteiger partial charge in [0.05, 0.1) is 6.61 Å². The number of ether oxygens (including phenoxy) is 1. The molecule has 0 fully saturated rings. The second kappa shape index (κ2) is 7.63. The molecular weight excluding hydrogens is 378 g/mol. The summed E-state index contributed by atoms with van der Waals surface area (Å²) in [5.74, 6) is 0.893. The predicted molar refractivity (Wildman–Crippen MR) is 130 cm³/mol. The minimum Gasteiger partial charge on any atom is -0.494 e. The summed E-state index contributed by atoms with van der Waals surface area (Å²) in [7, 11) is 0. The maximum atomic E-state index is 5.66. The van der Waals surface area contributed by atoms with E-state index >= 15 is 0 Å². The van der Waals surface area contributed by atoms with E-state index in [-0.39, 0.29) is 5.41 Å². The summed E-state index contributed by atoms with van der Waals surface area (Å²) in [6.07, 6.45) is 0. The molecule has 0 atom stereocenters. The molecule has 1 aliphatic carbocycles. The lowest BCUT2D eigenvalue weighted by Gasteiger charge is -2.28. The number of para-hydroxylation sites is 1. The standard InChI is InChI=1S/C29H27NO/c1-4-31-24-17-14-22(15-18-24)30(21-10-6-5-7-11-21)23-16-19-26-25-12-8-9-13-27(25)29(2,3)28(26)20-23/h5-20H,4H2,1-3H3. The second-order valence-corrected chi connectivity index (χ2v) is 8.50. The van der Waals surface area contributed by atoms with Gasteiger partial charge in [-0.25, -0.2) is 0 Å². The number of hydrogen-bond acceptors (Lipinski definition) is 2. The molecule has 2 nitrogen and oxygen atoms in total. The molecule has 0 aromatic heterocycles. The summed E-state index contributed by atoms with van der Waals surface area (Å²) < 4.78 is 5.66. The van der Waals surface area contributed by atoms with Gasteiger partial charge in [-0.05, 0) is 77.7 Å². The van der Waals surface area contributed by atoms with E-state index in [1.165, 1.54) is 22.3 Å². The van der Waals surface area contributed by atoms with Crippen LogP contribution in [0.15, 0.2) is 97.1 Å². The predicted octanol–water partition coefficient (Wildman–Crippen LogP) is 7.86. The van der Waals surface area contributed by atoms with E-state index in [0.717, 1.165) is 22.8 Å². The van der Waals surface area contributed by atoms with E-state index in [1.54, 1.807) is 0 Å². The van der Waals surface area contributed by atoms with Crippen molar-refractivity contribution >= 4 is 17.1 Å². The van der Waals surface area contributed by atoms with Crippen LogP contribution < -0.4 is 9.64 Å². The summed E-state index contributed by atoms with van der Waals surface area (Å²) in [4.78, 5) is 2.31. The lowest BCUT2D eigenvalue weighted by molar-refractivity contribution is 0.340. The number of hydrogen-bond donors (Lipinski definition) is 0. The van der Waals surface area contributed by atoms with Crippen LogP contribution in [0.5, 0.6) is 5.75 Å². The van der Waals surface area contributed by atoms with Gasteiger partial charge in [0.25, 0.3) is 0 Å². The van der Waals surface area contributed by atoms with Crippen LogP contribution in [-0.4, -0.2) is 6.61 Å². The van der Waals surface area contributed by atoms with Gasteiger partial charge in [0.15, 0.2) is 0 Å².